The minimum absolute atomic E-state index is 0.356. The summed E-state index contributed by atoms with van der Waals surface area (Å²) in [7, 11) is 0. The van der Waals surface area contributed by atoms with Gasteiger partial charge in [0.15, 0.2) is 0 Å². The fourth-order valence-electron chi connectivity index (χ4n) is 7.50. The Balaban J connectivity index is 0.000000415. The number of hydrogen-bond donors (Lipinski definition) is 1. The maximum Gasteiger partial charge on any atom is 0.300 e. The number of aliphatic carboxylic acids is 1. The van der Waals surface area contributed by atoms with Gasteiger partial charge >= 0.3 is 0 Å². The lowest BCUT2D eigenvalue weighted by molar-refractivity contribution is -0.134. The fourth-order valence-corrected chi connectivity index (χ4v) is 7.50. The third-order valence-electron chi connectivity index (χ3n) is 8.37. The summed E-state index contributed by atoms with van der Waals surface area (Å²) in [6, 6.07) is 0. The van der Waals surface area contributed by atoms with E-state index < -0.39 is 5.97 Å². The average molecular weight is 349 g/mol. The smallest absolute Gasteiger partial charge is 0.300 e. The van der Waals surface area contributed by atoms with Gasteiger partial charge in [-0.25, -0.2) is 0 Å². The Labute approximate surface area is 153 Å². The molecule has 142 valence electrons. The van der Waals surface area contributed by atoms with Crippen molar-refractivity contribution in [1.29, 1.82) is 0 Å². The van der Waals surface area contributed by atoms with E-state index in [1.54, 1.807) is 0 Å². The van der Waals surface area contributed by atoms with E-state index in [0.29, 0.717) is 17.1 Å². The molecule has 0 bridgehead atoms. The summed E-state index contributed by atoms with van der Waals surface area (Å²) in [5, 5.41) is 7.42. The van der Waals surface area contributed by atoms with Gasteiger partial charge in [0.25, 0.3) is 5.97 Å². The van der Waals surface area contributed by atoms with Gasteiger partial charge in [-0.05, 0) is 86.9 Å². The standard InChI is InChI=1S/C20H32O.C2H4O2/c1-13(21)18-9-10-19-17-8-7-14-5-3-4-6-15(14)16(17)11-12-20(18,19)2;1-2(3)4/h14-19H,3-12H2,1-2H3;1H3,(H,3,4)/t14?,15?,16?,17?,18-,19?,20?;/m1./s1. The molecule has 0 aromatic rings. The minimum atomic E-state index is -0.833. The van der Waals surface area contributed by atoms with Gasteiger partial charge in [0.1, 0.15) is 5.78 Å². The molecule has 0 amide bonds. The van der Waals surface area contributed by atoms with Crippen LogP contribution in [0.1, 0.15) is 85.0 Å². The highest BCUT2D eigenvalue weighted by Gasteiger charge is 2.57. The van der Waals surface area contributed by atoms with Crippen LogP contribution in [0.15, 0.2) is 0 Å². The van der Waals surface area contributed by atoms with Gasteiger partial charge in [-0.3, -0.25) is 9.59 Å². The third-order valence-corrected chi connectivity index (χ3v) is 8.37. The summed E-state index contributed by atoms with van der Waals surface area (Å²) >= 11 is 0. The van der Waals surface area contributed by atoms with Crippen molar-refractivity contribution in [2.45, 2.75) is 85.0 Å². The summed E-state index contributed by atoms with van der Waals surface area (Å²) in [6.45, 7) is 5.41. The monoisotopic (exact) mass is 348 g/mol. The van der Waals surface area contributed by atoms with Crippen molar-refractivity contribution in [2.24, 2.45) is 40.9 Å². The fraction of sp³-hybridized carbons (Fsp3) is 0.909. The van der Waals surface area contributed by atoms with Crippen LogP contribution in [0.2, 0.25) is 0 Å². The molecule has 0 aromatic carbocycles. The van der Waals surface area contributed by atoms with Crippen LogP contribution in [0, 0.1) is 40.9 Å². The lowest BCUT2D eigenvalue weighted by Crippen LogP contribution is -2.48. The van der Waals surface area contributed by atoms with Gasteiger partial charge in [-0.1, -0.05) is 26.2 Å². The predicted octanol–water partition coefficient (Wildman–Crippen LogP) is 5.33. The van der Waals surface area contributed by atoms with Crippen molar-refractivity contribution in [3.8, 4) is 0 Å². The second-order valence-electron chi connectivity index (χ2n) is 9.52. The molecule has 25 heavy (non-hydrogen) atoms. The molecule has 0 aliphatic heterocycles. The zero-order chi connectivity index (χ0) is 18.2. The Bertz CT molecular complexity index is 509. The summed E-state index contributed by atoms with van der Waals surface area (Å²) in [4.78, 5) is 21.1. The van der Waals surface area contributed by atoms with Crippen molar-refractivity contribution >= 4 is 11.8 Å². The number of rotatable bonds is 1. The number of carboxylic acid groups (broad SMARTS) is 1. The van der Waals surface area contributed by atoms with Gasteiger partial charge in [0.05, 0.1) is 0 Å². The minimum Gasteiger partial charge on any atom is -0.481 e. The number of hydrogen-bond acceptors (Lipinski definition) is 2. The van der Waals surface area contributed by atoms with Crippen molar-refractivity contribution in [3.05, 3.63) is 0 Å². The van der Waals surface area contributed by atoms with E-state index in [2.05, 4.69) is 6.92 Å². The Hall–Kier alpha value is -0.860. The molecule has 4 rings (SSSR count). The van der Waals surface area contributed by atoms with Gasteiger partial charge in [-0.2, -0.15) is 0 Å². The highest BCUT2D eigenvalue weighted by Crippen LogP contribution is 2.64. The second-order valence-corrected chi connectivity index (χ2v) is 9.52. The Morgan fingerprint density at radius 2 is 1.52 bits per heavy atom. The van der Waals surface area contributed by atoms with Crippen molar-refractivity contribution in [2.75, 3.05) is 0 Å². The van der Waals surface area contributed by atoms with Crippen LogP contribution in [-0.2, 0) is 9.59 Å². The summed E-state index contributed by atoms with van der Waals surface area (Å²) in [5.41, 5.74) is 0.356. The Kier molecular flexibility index (Phi) is 5.60. The van der Waals surface area contributed by atoms with Crippen molar-refractivity contribution < 1.29 is 14.7 Å². The molecular weight excluding hydrogens is 312 g/mol. The van der Waals surface area contributed by atoms with Crippen molar-refractivity contribution in [1.82, 2.24) is 0 Å². The number of Topliss-reactive ketones (excluding diaryl/α,β-unsaturated/α-hetero) is 1. The van der Waals surface area contributed by atoms with Crippen LogP contribution in [-0.4, -0.2) is 16.9 Å². The Morgan fingerprint density at radius 3 is 2.20 bits per heavy atom. The third kappa shape index (κ3) is 3.53. The van der Waals surface area contributed by atoms with Gasteiger partial charge < -0.3 is 5.11 Å². The molecule has 3 heteroatoms. The van der Waals surface area contributed by atoms with Crippen LogP contribution >= 0.6 is 0 Å². The van der Waals surface area contributed by atoms with Gasteiger partial charge in [0, 0.05) is 12.8 Å². The number of carboxylic acids is 1. The SMILES string of the molecule is CC(=O)O.CC(=O)[C@H]1CCC2C3CCC4CCCCC4C3CCC21C. The second kappa shape index (κ2) is 7.40. The molecule has 6 unspecified atom stereocenters. The largest absolute Gasteiger partial charge is 0.481 e. The van der Waals surface area contributed by atoms with E-state index in [4.69, 9.17) is 9.90 Å². The van der Waals surface area contributed by atoms with E-state index >= 15 is 0 Å². The lowest BCUT2D eigenvalue weighted by Gasteiger charge is -2.55. The van der Waals surface area contributed by atoms with Crippen LogP contribution in [0.3, 0.4) is 0 Å². The molecule has 4 aliphatic rings. The molecule has 4 aliphatic carbocycles. The van der Waals surface area contributed by atoms with Crippen LogP contribution < -0.4 is 0 Å². The van der Waals surface area contributed by atoms with Crippen LogP contribution in [0.4, 0.5) is 0 Å². The normalized spacial score (nSPS) is 45.2. The van der Waals surface area contributed by atoms with E-state index in [0.717, 1.165) is 36.5 Å². The maximum atomic E-state index is 12.1. The number of ketones is 1. The van der Waals surface area contributed by atoms with E-state index in [9.17, 15) is 4.79 Å². The highest BCUT2D eigenvalue weighted by molar-refractivity contribution is 5.79. The van der Waals surface area contributed by atoms with Crippen LogP contribution in [0.5, 0.6) is 0 Å². The molecule has 4 fully saturated rings. The number of fused-ring (bicyclic) bond motifs is 5. The first-order valence-electron chi connectivity index (χ1n) is 10.5. The first-order valence-corrected chi connectivity index (χ1v) is 10.5. The maximum absolute atomic E-state index is 12.1. The highest BCUT2D eigenvalue weighted by atomic mass is 16.4. The van der Waals surface area contributed by atoms with Gasteiger partial charge in [0.2, 0.25) is 0 Å². The molecule has 0 radical (unpaired) electrons. The molecule has 7 atom stereocenters. The molecule has 0 spiro atoms. The summed E-state index contributed by atoms with van der Waals surface area (Å²) < 4.78 is 0. The topological polar surface area (TPSA) is 54.4 Å². The van der Waals surface area contributed by atoms with E-state index in [1.807, 2.05) is 6.92 Å². The molecule has 0 saturated heterocycles. The Morgan fingerprint density at radius 1 is 0.840 bits per heavy atom. The average Bonchev–Trinajstić information content (AvgIpc) is 2.91. The molecule has 0 heterocycles. The number of carbonyl (C=O) groups excluding carboxylic acids is 1. The molecule has 3 nitrogen and oxygen atoms in total. The summed E-state index contributed by atoms with van der Waals surface area (Å²) in [5.74, 6) is 5.00. The molecule has 1 N–H and O–H groups in total. The first-order chi connectivity index (χ1) is 11.8. The quantitative estimate of drug-likeness (QED) is 0.697. The molecular formula is C22H36O3. The van der Waals surface area contributed by atoms with Crippen molar-refractivity contribution in [3.63, 3.8) is 0 Å². The van der Waals surface area contributed by atoms with Gasteiger partial charge in [-0.15, -0.1) is 0 Å². The molecule has 4 saturated carbocycles. The predicted molar refractivity (Wildman–Crippen MR) is 99.2 cm³/mol. The van der Waals surface area contributed by atoms with E-state index in [1.165, 1.54) is 64.2 Å². The summed E-state index contributed by atoms with van der Waals surface area (Å²) in [6.07, 6.45) is 14.3. The zero-order valence-electron chi connectivity index (χ0n) is 16.3. The van der Waals surface area contributed by atoms with E-state index in [-0.39, 0.29) is 0 Å². The first kappa shape index (κ1) is 18.9. The molecule has 0 aromatic heterocycles. The lowest BCUT2D eigenvalue weighted by atomic mass is 9.49. The zero-order valence-corrected chi connectivity index (χ0v) is 16.3. The number of carbonyl (C=O) groups is 2. The van der Waals surface area contributed by atoms with Crippen LogP contribution in [0.25, 0.3) is 0 Å².